The number of nitrogens with zero attached hydrogens (tertiary/aromatic N) is 3. The lowest BCUT2D eigenvalue weighted by Gasteiger charge is -2.30. The Morgan fingerprint density at radius 3 is 2.67 bits per heavy atom. The van der Waals surface area contributed by atoms with E-state index >= 15 is 0 Å². The summed E-state index contributed by atoms with van der Waals surface area (Å²) >= 11 is 0. The monoisotopic (exact) mass is 560 g/mol. The van der Waals surface area contributed by atoms with Gasteiger partial charge in [0.25, 0.3) is 0 Å². The third-order valence-electron chi connectivity index (χ3n) is 8.36. The first kappa shape index (κ1) is 29.9. The zero-order valence-electron chi connectivity index (χ0n) is 23.8. The molecule has 3 atom stereocenters. The van der Waals surface area contributed by atoms with Gasteiger partial charge in [-0.25, -0.2) is 0 Å². The van der Waals surface area contributed by atoms with Crippen LogP contribution in [0.3, 0.4) is 0 Å². The number of carboxylic acid groups (broad SMARTS) is 1. The van der Waals surface area contributed by atoms with E-state index in [0.717, 1.165) is 37.7 Å². The molecule has 1 aromatic carbocycles. The zero-order chi connectivity index (χ0) is 28.6. The molecule has 0 saturated carbocycles. The highest BCUT2D eigenvalue weighted by Gasteiger charge is 2.48. The molecule has 4 rings (SSSR count). The fourth-order valence-corrected chi connectivity index (χ4v) is 6.21. The van der Waals surface area contributed by atoms with Crippen LogP contribution in [-0.2, 0) is 14.4 Å². The van der Waals surface area contributed by atoms with Gasteiger partial charge in [0.15, 0.2) is 11.5 Å². The van der Waals surface area contributed by atoms with Gasteiger partial charge in [-0.15, -0.1) is 0 Å². The molecule has 1 aromatic rings. The second-order valence-electron chi connectivity index (χ2n) is 10.9. The fraction of sp³-hybridized carbons (Fsp3) is 0.690. The van der Waals surface area contributed by atoms with Crippen molar-refractivity contribution in [3.63, 3.8) is 0 Å². The van der Waals surface area contributed by atoms with Crippen LogP contribution in [0, 0.1) is 5.92 Å². The van der Waals surface area contributed by atoms with E-state index < -0.39 is 23.8 Å². The van der Waals surface area contributed by atoms with Crippen LogP contribution in [-0.4, -0.2) is 103 Å². The molecule has 3 heterocycles. The highest BCUT2D eigenvalue weighted by Crippen LogP contribution is 2.47. The van der Waals surface area contributed by atoms with Crippen LogP contribution in [0.2, 0.25) is 0 Å². The number of methoxy groups -OCH3 is 1. The smallest absolute Gasteiger partial charge is 0.308 e. The van der Waals surface area contributed by atoms with E-state index in [1.807, 2.05) is 26.8 Å². The first-order chi connectivity index (χ1) is 19.4. The van der Waals surface area contributed by atoms with Crippen LogP contribution in [0.1, 0.15) is 63.4 Å². The van der Waals surface area contributed by atoms with Crippen molar-refractivity contribution in [2.45, 2.75) is 63.8 Å². The molecule has 11 heteroatoms. The van der Waals surface area contributed by atoms with E-state index in [4.69, 9.17) is 19.9 Å². The molecule has 0 aromatic heterocycles. The van der Waals surface area contributed by atoms with Crippen molar-refractivity contribution < 1.29 is 33.7 Å². The molecule has 0 spiro atoms. The number of fused-ring (bicyclic) bond motifs is 1. The quantitative estimate of drug-likeness (QED) is 0.310. The number of aliphatic carboxylic acids is 1. The minimum absolute atomic E-state index is 0.000719. The molecule has 0 aliphatic carbocycles. The molecule has 2 fully saturated rings. The van der Waals surface area contributed by atoms with Crippen molar-refractivity contribution in [3.05, 3.63) is 17.7 Å². The molecule has 3 N–H and O–H groups in total. The summed E-state index contributed by atoms with van der Waals surface area (Å²) in [6.07, 6.45) is 5.41. The van der Waals surface area contributed by atoms with Crippen molar-refractivity contribution in [1.82, 2.24) is 14.7 Å². The summed E-state index contributed by atoms with van der Waals surface area (Å²) in [5, 5.41) is 10.5. The number of likely N-dealkylation sites (tertiary alicyclic amines) is 2. The number of hydrogen-bond donors (Lipinski definition) is 2. The minimum atomic E-state index is -0.917. The van der Waals surface area contributed by atoms with Gasteiger partial charge in [-0.1, -0.05) is 13.3 Å². The Labute approximate surface area is 236 Å². The van der Waals surface area contributed by atoms with Crippen molar-refractivity contribution in [3.8, 4) is 17.2 Å². The van der Waals surface area contributed by atoms with Gasteiger partial charge in [-0.3, -0.25) is 19.3 Å². The number of hydrogen-bond acceptors (Lipinski definition) is 8. The van der Waals surface area contributed by atoms with Crippen LogP contribution in [0.5, 0.6) is 17.2 Å². The predicted octanol–water partition coefficient (Wildman–Crippen LogP) is 2.27. The van der Waals surface area contributed by atoms with E-state index in [1.54, 1.807) is 7.11 Å². The highest BCUT2D eigenvalue weighted by molar-refractivity contribution is 5.79. The molecule has 0 bridgehead atoms. The van der Waals surface area contributed by atoms with Gasteiger partial charge >= 0.3 is 5.97 Å². The van der Waals surface area contributed by atoms with E-state index in [-0.39, 0.29) is 25.2 Å². The fourth-order valence-electron chi connectivity index (χ4n) is 6.21. The van der Waals surface area contributed by atoms with Gasteiger partial charge < -0.3 is 34.9 Å². The Morgan fingerprint density at radius 1 is 1.20 bits per heavy atom. The largest absolute Gasteiger partial charge is 0.493 e. The third-order valence-corrected chi connectivity index (χ3v) is 8.36. The number of carbonyl (C=O) groups is 3. The molecule has 2 amide bonds. The summed E-state index contributed by atoms with van der Waals surface area (Å²) in [7, 11) is 1.54. The van der Waals surface area contributed by atoms with Gasteiger partial charge in [0.2, 0.25) is 24.4 Å². The third kappa shape index (κ3) is 6.80. The molecule has 0 radical (unpaired) electrons. The molecular weight excluding hydrogens is 516 g/mol. The maximum absolute atomic E-state index is 13.6. The standard InChI is InChI=1S/C29H44N4O7/c1-3-4-11-31(12-6-5-10-30)26(35)18-33-17-21(20-15-23(38-2)28-24(16-20)39-19-40-28)27(29(36)37)22(33)9-14-32-13-7-8-25(32)34/h15-16,21-22,27H,3-14,17-19,30H2,1-2H3,(H,36,37). The van der Waals surface area contributed by atoms with Crippen LogP contribution in [0.15, 0.2) is 12.1 Å². The second-order valence-corrected chi connectivity index (χ2v) is 10.9. The first-order valence-electron chi connectivity index (χ1n) is 14.6. The van der Waals surface area contributed by atoms with E-state index in [9.17, 15) is 19.5 Å². The molecule has 3 aliphatic heterocycles. The molecule has 3 aliphatic rings. The topological polar surface area (TPSA) is 135 Å². The minimum Gasteiger partial charge on any atom is -0.493 e. The van der Waals surface area contributed by atoms with E-state index in [1.165, 1.54) is 0 Å². The Bertz CT molecular complexity index is 1050. The number of unbranched alkanes of at least 4 members (excludes halogenated alkanes) is 2. The Kier molecular flexibility index (Phi) is 10.5. The van der Waals surface area contributed by atoms with Crippen molar-refractivity contribution >= 4 is 17.8 Å². The average Bonchev–Trinajstić information content (AvgIpc) is 3.67. The summed E-state index contributed by atoms with van der Waals surface area (Å²) in [5.74, 6) is -0.440. The summed E-state index contributed by atoms with van der Waals surface area (Å²) < 4.78 is 16.7. The summed E-state index contributed by atoms with van der Waals surface area (Å²) in [4.78, 5) is 44.5. The zero-order valence-corrected chi connectivity index (χ0v) is 23.8. The molecule has 11 nitrogen and oxygen atoms in total. The maximum Gasteiger partial charge on any atom is 0.308 e. The SMILES string of the molecule is CCCCN(CCCCN)C(=O)CN1CC(c2cc(OC)c3c(c2)OCO3)C(C(=O)O)C1CCN1CCCC1=O. The number of carbonyl (C=O) groups excluding carboxylic acids is 2. The Morgan fingerprint density at radius 2 is 2.00 bits per heavy atom. The van der Waals surface area contributed by atoms with Gasteiger partial charge in [0, 0.05) is 51.1 Å². The van der Waals surface area contributed by atoms with E-state index in [0.29, 0.717) is 69.4 Å². The number of ether oxygens (including phenoxy) is 3. The lowest BCUT2D eigenvalue weighted by Crippen LogP contribution is -2.45. The van der Waals surface area contributed by atoms with Gasteiger partial charge in [-0.05, 0) is 56.3 Å². The van der Waals surface area contributed by atoms with Gasteiger partial charge in [-0.2, -0.15) is 0 Å². The molecule has 3 unspecified atom stereocenters. The lowest BCUT2D eigenvalue weighted by atomic mass is 9.84. The molecular formula is C29H44N4O7. The average molecular weight is 561 g/mol. The highest BCUT2D eigenvalue weighted by atomic mass is 16.7. The lowest BCUT2D eigenvalue weighted by molar-refractivity contribution is -0.144. The van der Waals surface area contributed by atoms with Crippen LogP contribution in [0.4, 0.5) is 0 Å². The molecule has 40 heavy (non-hydrogen) atoms. The Hall–Kier alpha value is -3.05. The number of amides is 2. The summed E-state index contributed by atoms with van der Waals surface area (Å²) in [6.45, 7) is 5.77. The van der Waals surface area contributed by atoms with Crippen LogP contribution < -0.4 is 19.9 Å². The Balaban J connectivity index is 1.60. The van der Waals surface area contributed by atoms with E-state index in [2.05, 4.69) is 6.92 Å². The summed E-state index contributed by atoms with van der Waals surface area (Å²) in [5.41, 5.74) is 6.46. The molecule has 2 saturated heterocycles. The van der Waals surface area contributed by atoms with Gasteiger partial charge in [0.1, 0.15) is 0 Å². The number of nitrogens with two attached hydrogens (primary N) is 1. The number of rotatable bonds is 15. The number of carboxylic acids is 1. The van der Waals surface area contributed by atoms with Crippen molar-refractivity contribution in [2.24, 2.45) is 11.7 Å². The maximum atomic E-state index is 13.6. The molecule has 222 valence electrons. The van der Waals surface area contributed by atoms with Crippen LogP contribution in [0.25, 0.3) is 0 Å². The van der Waals surface area contributed by atoms with Crippen LogP contribution >= 0.6 is 0 Å². The van der Waals surface area contributed by atoms with Gasteiger partial charge in [0.05, 0.1) is 19.6 Å². The van der Waals surface area contributed by atoms with Crippen molar-refractivity contribution in [1.29, 1.82) is 0 Å². The number of benzene rings is 1. The van der Waals surface area contributed by atoms with Crippen molar-refractivity contribution in [2.75, 3.05) is 59.7 Å². The normalized spacial score (nSPS) is 22.2. The first-order valence-corrected chi connectivity index (χ1v) is 14.6. The second kappa shape index (κ2) is 14.0. The predicted molar refractivity (Wildman–Crippen MR) is 149 cm³/mol. The summed E-state index contributed by atoms with van der Waals surface area (Å²) in [6, 6.07) is 3.24.